The Bertz CT molecular complexity index is 314. The highest BCUT2D eigenvalue weighted by atomic mass is 35.5. The van der Waals surface area contributed by atoms with Crippen LogP contribution in [0.1, 0.15) is 75.7 Å². The fraction of sp³-hybridized carbons (Fsp3) is 1.00. The predicted molar refractivity (Wildman–Crippen MR) is 93.2 cm³/mol. The maximum absolute atomic E-state index is 6.37. The van der Waals surface area contributed by atoms with E-state index in [0.29, 0.717) is 5.88 Å². The van der Waals surface area contributed by atoms with E-state index in [4.69, 9.17) is 21.1 Å². The Hall–Kier alpha value is 0.210. The molecule has 0 aliphatic carbocycles. The van der Waals surface area contributed by atoms with Crippen LogP contribution in [0.3, 0.4) is 0 Å². The Kier molecular flexibility index (Phi) is 7.26. The summed E-state index contributed by atoms with van der Waals surface area (Å²) in [5, 5.41) is 0. The molecule has 0 amide bonds. The molecule has 0 N–H and O–H groups in total. The summed E-state index contributed by atoms with van der Waals surface area (Å²) in [6.45, 7) is 22.4. The van der Waals surface area contributed by atoms with Crippen molar-refractivity contribution in [1.29, 1.82) is 0 Å². The minimum atomic E-state index is -0.224. The van der Waals surface area contributed by atoms with Crippen molar-refractivity contribution in [3.05, 3.63) is 0 Å². The number of halogens is 1. The van der Waals surface area contributed by atoms with Gasteiger partial charge in [-0.2, -0.15) is 0 Å². The van der Waals surface area contributed by atoms with Crippen molar-refractivity contribution in [3.63, 3.8) is 0 Å². The van der Waals surface area contributed by atoms with Gasteiger partial charge in [0.25, 0.3) is 0 Å². The van der Waals surface area contributed by atoms with Gasteiger partial charge in [0.15, 0.2) is 0 Å². The quantitative estimate of drug-likeness (QED) is 0.537. The Morgan fingerprint density at radius 2 is 1.33 bits per heavy atom. The largest absolute Gasteiger partial charge is 0.375 e. The average molecular weight is 321 g/mol. The van der Waals surface area contributed by atoms with Crippen LogP contribution in [0.15, 0.2) is 0 Å². The molecule has 128 valence electrons. The minimum Gasteiger partial charge on any atom is -0.375 e. The number of rotatable bonds is 8. The smallest absolute Gasteiger partial charge is 0.0724 e. The van der Waals surface area contributed by atoms with E-state index in [0.717, 1.165) is 13.0 Å². The minimum absolute atomic E-state index is 0.0173. The summed E-state index contributed by atoms with van der Waals surface area (Å²) in [6.07, 6.45) is 0.902. The van der Waals surface area contributed by atoms with E-state index in [1.807, 2.05) is 6.92 Å². The Balaban J connectivity index is 5.01. The van der Waals surface area contributed by atoms with Gasteiger partial charge in [-0.3, -0.25) is 0 Å². The molecule has 0 saturated heterocycles. The first kappa shape index (κ1) is 21.2. The molecule has 0 saturated carbocycles. The van der Waals surface area contributed by atoms with Crippen LogP contribution < -0.4 is 0 Å². The van der Waals surface area contributed by atoms with E-state index in [1.165, 1.54) is 0 Å². The van der Waals surface area contributed by atoms with Crippen molar-refractivity contribution in [1.82, 2.24) is 0 Å². The first-order chi connectivity index (χ1) is 9.20. The second-order valence-electron chi connectivity index (χ2n) is 8.69. The Morgan fingerprint density at radius 1 is 0.857 bits per heavy atom. The van der Waals surface area contributed by atoms with Gasteiger partial charge in [-0.1, -0.05) is 34.6 Å². The van der Waals surface area contributed by atoms with Crippen molar-refractivity contribution in [2.45, 2.75) is 93.0 Å². The van der Waals surface area contributed by atoms with Gasteiger partial charge in [0.1, 0.15) is 0 Å². The zero-order chi connectivity index (χ0) is 17.1. The molecule has 0 rings (SSSR count). The third-order valence-electron chi connectivity index (χ3n) is 5.31. The van der Waals surface area contributed by atoms with Crippen LogP contribution in [0.2, 0.25) is 0 Å². The molecule has 1 atom stereocenters. The fourth-order valence-corrected chi connectivity index (χ4v) is 2.26. The number of hydrogen-bond acceptors (Lipinski definition) is 2. The van der Waals surface area contributed by atoms with Crippen LogP contribution >= 0.6 is 11.6 Å². The first-order valence-corrected chi connectivity index (χ1v) is 8.61. The lowest BCUT2D eigenvalue weighted by Gasteiger charge is -2.46. The van der Waals surface area contributed by atoms with Gasteiger partial charge in [0.05, 0.1) is 17.3 Å². The summed E-state index contributed by atoms with van der Waals surface area (Å²) in [7, 11) is 0. The van der Waals surface area contributed by atoms with Crippen LogP contribution in [0, 0.1) is 10.8 Å². The molecule has 0 fully saturated rings. The molecule has 0 aliphatic rings. The van der Waals surface area contributed by atoms with Crippen LogP contribution in [0.4, 0.5) is 0 Å². The van der Waals surface area contributed by atoms with E-state index in [1.54, 1.807) is 0 Å². The zero-order valence-corrected chi connectivity index (χ0v) is 16.6. The molecular formula is C18H37ClO2. The highest BCUT2D eigenvalue weighted by Gasteiger charge is 2.42. The normalized spacial score (nSPS) is 16.1. The number of alkyl halides is 1. The average Bonchev–Trinajstić information content (AvgIpc) is 2.25. The van der Waals surface area contributed by atoms with E-state index >= 15 is 0 Å². The molecule has 0 aromatic carbocycles. The van der Waals surface area contributed by atoms with Gasteiger partial charge in [0, 0.05) is 12.5 Å². The van der Waals surface area contributed by atoms with Crippen molar-refractivity contribution in [2.24, 2.45) is 10.8 Å². The molecule has 1 unspecified atom stereocenters. The van der Waals surface area contributed by atoms with Crippen molar-refractivity contribution in [3.8, 4) is 0 Å². The summed E-state index contributed by atoms with van der Waals surface area (Å²) in [5.74, 6) is 0.505. The van der Waals surface area contributed by atoms with Gasteiger partial charge in [-0.25, -0.2) is 0 Å². The van der Waals surface area contributed by atoms with E-state index < -0.39 is 0 Å². The number of ether oxygens (including phenoxy) is 2. The lowest BCUT2D eigenvalue weighted by Crippen LogP contribution is -2.48. The van der Waals surface area contributed by atoms with Gasteiger partial charge < -0.3 is 9.47 Å². The number of hydrogen-bond donors (Lipinski definition) is 0. The Labute approximate surface area is 137 Å². The van der Waals surface area contributed by atoms with Gasteiger partial charge in [-0.05, 0) is 51.9 Å². The molecule has 2 nitrogen and oxygen atoms in total. The molecule has 0 aromatic rings. The SMILES string of the molecule is CCOC(C)(C)C(C)(C)CC(CCl)OC(C)(C)C(C)(C)C. The summed E-state index contributed by atoms with van der Waals surface area (Å²) < 4.78 is 12.3. The van der Waals surface area contributed by atoms with Crippen molar-refractivity contribution < 1.29 is 9.47 Å². The summed E-state index contributed by atoms with van der Waals surface area (Å²) in [6, 6.07) is 0. The van der Waals surface area contributed by atoms with Gasteiger partial charge >= 0.3 is 0 Å². The molecule has 0 heterocycles. The Morgan fingerprint density at radius 3 is 1.67 bits per heavy atom. The fourth-order valence-electron chi connectivity index (χ4n) is 2.09. The molecule has 0 radical (unpaired) electrons. The first-order valence-electron chi connectivity index (χ1n) is 8.08. The second kappa shape index (κ2) is 7.19. The van der Waals surface area contributed by atoms with E-state index in [9.17, 15) is 0 Å². The molecule has 0 bridgehead atoms. The molecule has 3 heteroatoms. The topological polar surface area (TPSA) is 18.5 Å². The molecule has 0 spiro atoms. The van der Waals surface area contributed by atoms with Crippen LogP contribution in [-0.2, 0) is 9.47 Å². The lowest BCUT2D eigenvalue weighted by atomic mass is 9.73. The second-order valence-corrected chi connectivity index (χ2v) is 8.99. The van der Waals surface area contributed by atoms with Gasteiger partial charge in [-0.15, -0.1) is 11.6 Å². The molecule has 21 heavy (non-hydrogen) atoms. The third-order valence-corrected chi connectivity index (χ3v) is 5.66. The molecule has 0 aliphatic heterocycles. The van der Waals surface area contributed by atoms with E-state index in [-0.39, 0.29) is 28.1 Å². The monoisotopic (exact) mass is 320 g/mol. The van der Waals surface area contributed by atoms with Crippen LogP contribution in [-0.4, -0.2) is 29.8 Å². The standard InChI is InChI=1S/C18H37ClO2/c1-11-20-18(9,10)16(5,6)12-14(13-19)21-17(7,8)15(2,3)4/h14H,11-13H2,1-10H3. The summed E-state index contributed by atoms with van der Waals surface area (Å²) >= 11 is 6.19. The molecule has 0 aromatic heterocycles. The highest BCUT2D eigenvalue weighted by molar-refractivity contribution is 6.18. The highest BCUT2D eigenvalue weighted by Crippen LogP contribution is 2.41. The zero-order valence-electron chi connectivity index (χ0n) is 15.9. The third kappa shape index (κ3) is 5.73. The van der Waals surface area contributed by atoms with Crippen LogP contribution in [0.25, 0.3) is 0 Å². The van der Waals surface area contributed by atoms with Crippen LogP contribution in [0.5, 0.6) is 0 Å². The van der Waals surface area contributed by atoms with Crippen molar-refractivity contribution >= 4 is 11.6 Å². The summed E-state index contributed by atoms with van der Waals surface area (Å²) in [5.41, 5.74) is -0.382. The lowest BCUT2D eigenvalue weighted by molar-refractivity contribution is -0.156. The molecular weight excluding hydrogens is 284 g/mol. The maximum atomic E-state index is 6.37. The summed E-state index contributed by atoms with van der Waals surface area (Å²) in [4.78, 5) is 0. The van der Waals surface area contributed by atoms with E-state index in [2.05, 4.69) is 62.3 Å². The maximum Gasteiger partial charge on any atom is 0.0724 e. The van der Waals surface area contributed by atoms with Gasteiger partial charge in [0.2, 0.25) is 0 Å². The predicted octanol–water partition coefficient (Wildman–Crippen LogP) is 5.67. The van der Waals surface area contributed by atoms with Crippen molar-refractivity contribution in [2.75, 3.05) is 12.5 Å².